The first-order valence-electron chi connectivity index (χ1n) is 4.89. The van der Waals surface area contributed by atoms with Crippen molar-refractivity contribution in [3.8, 4) is 0 Å². The van der Waals surface area contributed by atoms with Gasteiger partial charge in [0.25, 0.3) is 0 Å². The summed E-state index contributed by atoms with van der Waals surface area (Å²) in [5.41, 5.74) is 0. The Morgan fingerprint density at radius 3 is 2.71 bits per heavy atom. The molecule has 1 heterocycles. The molecule has 0 aromatic rings. The van der Waals surface area contributed by atoms with Crippen molar-refractivity contribution in [3.05, 3.63) is 6.92 Å². The molecule has 80 valence electrons. The van der Waals surface area contributed by atoms with Crippen LogP contribution in [0.3, 0.4) is 0 Å². The summed E-state index contributed by atoms with van der Waals surface area (Å²) in [7, 11) is 0. The van der Waals surface area contributed by atoms with Gasteiger partial charge >= 0.3 is 23.1 Å². The Morgan fingerprint density at radius 2 is 2.21 bits per heavy atom. The summed E-state index contributed by atoms with van der Waals surface area (Å²) < 4.78 is 11.1. The number of hydrogen-bond acceptors (Lipinski definition) is 2. The van der Waals surface area contributed by atoms with Gasteiger partial charge in [-0.3, -0.25) is 0 Å². The normalized spacial score (nSPS) is 23.1. The van der Waals surface area contributed by atoms with Crippen molar-refractivity contribution in [2.75, 3.05) is 6.61 Å². The average Bonchev–Trinajstić information content (AvgIpc) is 2.06. The van der Waals surface area contributed by atoms with E-state index in [-0.39, 0.29) is 41.7 Å². The molecule has 0 N–H and O–H groups in total. The quantitative estimate of drug-likeness (QED) is 0.463. The largest absolute Gasteiger partial charge is 2.00 e. The van der Waals surface area contributed by atoms with Crippen LogP contribution in [0.2, 0.25) is 0 Å². The molecule has 2 unspecified atom stereocenters. The molecule has 0 aromatic carbocycles. The van der Waals surface area contributed by atoms with Crippen LogP contribution in [-0.4, -0.2) is 42.1 Å². The van der Waals surface area contributed by atoms with Gasteiger partial charge in [0.05, 0.1) is 6.10 Å². The maximum atomic E-state index is 5.67. The van der Waals surface area contributed by atoms with Gasteiger partial charge in [0.2, 0.25) is 0 Å². The van der Waals surface area contributed by atoms with E-state index in [0.29, 0.717) is 6.10 Å². The molecular formula is C10H19ClMgO2. The topological polar surface area (TPSA) is 18.5 Å². The maximum Gasteiger partial charge on any atom is 2.00 e. The SMILES string of the molecule is [CH2-]CCC(C)OC1CCCCO1.[Cl-].[Mg+2]. The Hall–Kier alpha value is 0.976. The van der Waals surface area contributed by atoms with Crippen molar-refractivity contribution < 1.29 is 21.9 Å². The smallest absolute Gasteiger partial charge is 1.00 e. The molecule has 4 heteroatoms. The molecule has 0 radical (unpaired) electrons. The maximum absolute atomic E-state index is 5.67. The summed E-state index contributed by atoms with van der Waals surface area (Å²) in [5.74, 6) is 0. The fourth-order valence-electron chi connectivity index (χ4n) is 1.43. The van der Waals surface area contributed by atoms with E-state index in [9.17, 15) is 0 Å². The molecule has 0 amide bonds. The predicted octanol–water partition coefficient (Wildman–Crippen LogP) is -0.844. The molecule has 0 spiro atoms. The van der Waals surface area contributed by atoms with Crippen LogP contribution >= 0.6 is 0 Å². The minimum absolute atomic E-state index is 0. The van der Waals surface area contributed by atoms with Gasteiger partial charge < -0.3 is 28.8 Å². The van der Waals surface area contributed by atoms with Crippen LogP contribution in [0.4, 0.5) is 0 Å². The van der Waals surface area contributed by atoms with Crippen LogP contribution in [0.5, 0.6) is 0 Å². The summed E-state index contributed by atoms with van der Waals surface area (Å²) in [4.78, 5) is 0. The van der Waals surface area contributed by atoms with Crippen molar-refractivity contribution in [2.45, 2.75) is 51.4 Å². The molecule has 1 rings (SSSR count). The molecule has 0 aliphatic carbocycles. The molecule has 0 bridgehead atoms. The molecule has 14 heavy (non-hydrogen) atoms. The van der Waals surface area contributed by atoms with E-state index in [2.05, 4.69) is 13.8 Å². The summed E-state index contributed by atoms with van der Waals surface area (Å²) in [6.45, 7) is 6.75. The van der Waals surface area contributed by atoms with Gasteiger partial charge in [-0.15, -0.1) is 0 Å². The van der Waals surface area contributed by atoms with E-state index in [1.54, 1.807) is 0 Å². The standard InChI is InChI=1S/C10H19O2.ClH.Mg/c1-3-6-9(2)12-10-7-4-5-8-11-10;;/h9-10H,1,3-8H2,2H3;1H;/q-1;;+2/p-1. The zero-order valence-corrected chi connectivity index (χ0v) is 11.2. The summed E-state index contributed by atoms with van der Waals surface area (Å²) >= 11 is 0. The van der Waals surface area contributed by atoms with Gasteiger partial charge in [-0.05, 0) is 26.2 Å². The van der Waals surface area contributed by atoms with Crippen molar-refractivity contribution in [2.24, 2.45) is 0 Å². The van der Waals surface area contributed by atoms with Crippen LogP contribution < -0.4 is 12.4 Å². The third-order valence-electron chi connectivity index (χ3n) is 2.13. The minimum Gasteiger partial charge on any atom is -1.00 e. The molecular weight excluding hydrogens is 212 g/mol. The van der Waals surface area contributed by atoms with Gasteiger partial charge in [0.1, 0.15) is 0 Å². The monoisotopic (exact) mass is 230 g/mol. The summed E-state index contributed by atoms with van der Waals surface area (Å²) in [6.07, 6.45) is 5.80. The molecule has 1 aliphatic heterocycles. The van der Waals surface area contributed by atoms with Crippen LogP contribution in [0.25, 0.3) is 0 Å². The molecule has 0 saturated carbocycles. The second kappa shape index (κ2) is 10.5. The van der Waals surface area contributed by atoms with Gasteiger partial charge in [-0.25, -0.2) is 0 Å². The Morgan fingerprint density at radius 1 is 1.50 bits per heavy atom. The molecule has 1 fully saturated rings. The van der Waals surface area contributed by atoms with Crippen LogP contribution in [-0.2, 0) is 9.47 Å². The van der Waals surface area contributed by atoms with Crippen LogP contribution in [0, 0.1) is 6.92 Å². The number of halogens is 1. The van der Waals surface area contributed by atoms with Crippen molar-refractivity contribution in [1.29, 1.82) is 0 Å². The van der Waals surface area contributed by atoms with E-state index in [0.717, 1.165) is 25.9 Å². The Labute approximate surface area is 110 Å². The van der Waals surface area contributed by atoms with Crippen molar-refractivity contribution >= 4 is 23.1 Å². The van der Waals surface area contributed by atoms with Gasteiger partial charge in [-0.1, -0.05) is 6.42 Å². The van der Waals surface area contributed by atoms with Gasteiger partial charge in [0, 0.05) is 6.61 Å². The second-order valence-electron chi connectivity index (χ2n) is 3.39. The predicted molar refractivity (Wildman–Crippen MR) is 54.5 cm³/mol. The van der Waals surface area contributed by atoms with Crippen molar-refractivity contribution in [1.82, 2.24) is 0 Å². The molecule has 0 aromatic heterocycles. The first-order chi connectivity index (χ1) is 5.83. The van der Waals surface area contributed by atoms with Gasteiger partial charge in [-0.2, -0.15) is 6.42 Å². The Kier molecular flexibility index (Phi) is 13.0. The van der Waals surface area contributed by atoms with Crippen molar-refractivity contribution in [3.63, 3.8) is 0 Å². The fourth-order valence-corrected chi connectivity index (χ4v) is 1.43. The third-order valence-corrected chi connectivity index (χ3v) is 2.13. The molecule has 1 aliphatic rings. The van der Waals surface area contributed by atoms with E-state index in [4.69, 9.17) is 9.47 Å². The third kappa shape index (κ3) is 7.29. The molecule has 2 nitrogen and oxygen atoms in total. The van der Waals surface area contributed by atoms with Crippen LogP contribution in [0.1, 0.15) is 39.0 Å². The Bertz CT molecular complexity index is 119. The van der Waals surface area contributed by atoms with E-state index < -0.39 is 0 Å². The number of hydrogen-bond donors (Lipinski definition) is 0. The second-order valence-corrected chi connectivity index (χ2v) is 3.39. The van der Waals surface area contributed by atoms with Gasteiger partial charge in [0.15, 0.2) is 6.29 Å². The minimum atomic E-state index is 0. The summed E-state index contributed by atoms with van der Waals surface area (Å²) in [5, 5.41) is 0. The zero-order chi connectivity index (χ0) is 8.81. The van der Waals surface area contributed by atoms with E-state index in [1.807, 2.05) is 0 Å². The molecule has 2 atom stereocenters. The zero-order valence-electron chi connectivity index (χ0n) is 9.01. The van der Waals surface area contributed by atoms with E-state index >= 15 is 0 Å². The average molecular weight is 231 g/mol. The summed E-state index contributed by atoms with van der Waals surface area (Å²) in [6, 6.07) is 0. The number of ether oxygens (including phenoxy) is 2. The Balaban J connectivity index is 0. The number of rotatable bonds is 4. The van der Waals surface area contributed by atoms with E-state index in [1.165, 1.54) is 12.8 Å². The first kappa shape index (κ1) is 17.4. The fraction of sp³-hybridized carbons (Fsp3) is 0.900. The van der Waals surface area contributed by atoms with Crippen LogP contribution in [0.15, 0.2) is 0 Å². The first-order valence-corrected chi connectivity index (χ1v) is 4.89. The molecule has 1 saturated heterocycles.